The van der Waals surface area contributed by atoms with Crippen molar-refractivity contribution in [1.82, 2.24) is 19.7 Å². The third-order valence-corrected chi connectivity index (χ3v) is 7.66. The number of aromatic nitrogens is 1. The molecule has 12 heteroatoms. The number of carbonyl (C=O) groups is 3. The number of hydrogen-bond acceptors (Lipinski definition) is 7. The molecule has 37 heavy (non-hydrogen) atoms. The first-order valence-electron chi connectivity index (χ1n) is 12.3. The van der Waals surface area contributed by atoms with Crippen LogP contribution >= 0.6 is 11.3 Å². The van der Waals surface area contributed by atoms with Crippen molar-refractivity contribution < 1.29 is 32.3 Å². The standard InChI is InChI=1S/C25H29F3N4O4S/c1-2-36-21(33)15-30-11-13-32(14-12-30)24(35)20-16-37-22(29-20)17-7-9-31(10-8-17)23(34)18-5-3-4-6-19(18)25(26,27)28/h3-6,16-17H,2,7-15H2,1H3. The molecular weight excluding hydrogens is 509 g/mol. The molecule has 1 aromatic heterocycles. The molecular formula is C25H29F3N4O4S. The van der Waals surface area contributed by atoms with E-state index >= 15 is 0 Å². The number of piperidine rings is 1. The summed E-state index contributed by atoms with van der Waals surface area (Å²) in [6.07, 6.45) is -3.47. The quantitative estimate of drug-likeness (QED) is 0.524. The summed E-state index contributed by atoms with van der Waals surface area (Å²) >= 11 is 1.39. The van der Waals surface area contributed by atoms with E-state index in [-0.39, 0.29) is 29.9 Å². The minimum Gasteiger partial charge on any atom is -0.465 e. The third kappa shape index (κ3) is 6.48. The van der Waals surface area contributed by atoms with Crippen molar-refractivity contribution in [2.24, 2.45) is 0 Å². The summed E-state index contributed by atoms with van der Waals surface area (Å²) < 4.78 is 45.0. The molecule has 2 saturated heterocycles. The van der Waals surface area contributed by atoms with Gasteiger partial charge in [-0.15, -0.1) is 11.3 Å². The van der Waals surface area contributed by atoms with E-state index in [1.54, 1.807) is 17.2 Å². The Balaban J connectivity index is 1.30. The van der Waals surface area contributed by atoms with E-state index in [1.807, 2.05) is 4.90 Å². The number of rotatable bonds is 6. The van der Waals surface area contributed by atoms with Gasteiger partial charge in [0.15, 0.2) is 0 Å². The maximum absolute atomic E-state index is 13.3. The van der Waals surface area contributed by atoms with E-state index in [9.17, 15) is 27.6 Å². The van der Waals surface area contributed by atoms with Crippen LogP contribution in [-0.4, -0.2) is 89.9 Å². The minimum atomic E-state index is -4.60. The van der Waals surface area contributed by atoms with Crippen LogP contribution in [-0.2, 0) is 15.7 Å². The average Bonchev–Trinajstić information content (AvgIpc) is 3.38. The Hall–Kier alpha value is -2.99. The monoisotopic (exact) mass is 538 g/mol. The Bertz CT molecular complexity index is 1120. The lowest BCUT2D eigenvalue weighted by molar-refractivity contribution is -0.144. The average molecular weight is 539 g/mol. The smallest absolute Gasteiger partial charge is 0.417 e. The zero-order chi connectivity index (χ0) is 26.6. The summed E-state index contributed by atoms with van der Waals surface area (Å²) in [5.74, 6) is -1.02. The molecule has 2 fully saturated rings. The minimum absolute atomic E-state index is 0.0369. The topological polar surface area (TPSA) is 83.0 Å². The lowest BCUT2D eigenvalue weighted by atomic mass is 9.96. The number of nitrogens with zero attached hydrogens (tertiary/aromatic N) is 4. The van der Waals surface area contributed by atoms with Crippen molar-refractivity contribution in [2.75, 3.05) is 52.4 Å². The highest BCUT2D eigenvalue weighted by Crippen LogP contribution is 2.34. The molecule has 2 aliphatic rings. The molecule has 0 aliphatic carbocycles. The zero-order valence-electron chi connectivity index (χ0n) is 20.5. The van der Waals surface area contributed by atoms with Gasteiger partial charge in [-0.3, -0.25) is 19.3 Å². The predicted molar refractivity (Wildman–Crippen MR) is 130 cm³/mol. The van der Waals surface area contributed by atoms with Crippen LogP contribution in [0.3, 0.4) is 0 Å². The number of carbonyl (C=O) groups excluding carboxylic acids is 3. The largest absolute Gasteiger partial charge is 0.465 e. The lowest BCUT2D eigenvalue weighted by Gasteiger charge is -2.33. The number of piperazine rings is 1. The SMILES string of the molecule is CCOC(=O)CN1CCN(C(=O)c2csc(C3CCN(C(=O)c4ccccc4C(F)(F)F)CC3)n2)CC1. The lowest BCUT2D eigenvalue weighted by Crippen LogP contribution is -2.50. The highest BCUT2D eigenvalue weighted by Gasteiger charge is 2.37. The zero-order valence-corrected chi connectivity index (χ0v) is 21.3. The number of thiazole rings is 1. The second kappa shape index (κ2) is 11.6. The molecule has 0 bridgehead atoms. The van der Waals surface area contributed by atoms with Gasteiger partial charge in [0.05, 0.1) is 29.3 Å². The molecule has 1 aromatic carbocycles. The van der Waals surface area contributed by atoms with Crippen molar-refractivity contribution in [1.29, 1.82) is 0 Å². The molecule has 3 heterocycles. The summed E-state index contributed by atoms with van der Waals surface area (Å²) in [5.41, 5.74) is -0.888. The van der Waals surface area contributed by atoms with Crippen molar-refractivity contribution in [2.45, 2.75) is 31.9 Å². The highest BCUT2D eigenvalue weighted by molar-refractivity contribution is 7.09. The molecule has 200 valence electrons. The van der Waals surface area contributed by atoms with Gasteiger partial charge in [0.1, 0.15) is 5.69 Å². The van der Waals surface area contributed by atoms with Crippen LogP contribution in [0.15, 0.2) is 29.6 Å². The van der Waals surface area contributed by atoms with Crippen molar-refractivity contribution in [3.63, 3.8) is 0 Å². The Morgan fingerprint density at radius 2 is 1.65 bits per heavy atom. The predicted octanol–water partition coefficient (Wildman–Crippen LogP) is 3.50. The Morgan fingerprint density at radius 3 is 2.30 bits per heavy atom. The Morgan fingerprint density at radius 1 is 1.00 bits per heavy atom. The number of benzene rings is 1. The summed E-state index contributed by atoms with van der Waals surface area (Å²) in [6.45, 7) is 5.08. The van der Waals surface area contributed by atoms with E-state index in [0.717, 1.165) is 11.1 Å². The number of halogens is 3. The molecule has 0 saturated carbocycles. The van der Waals surface area contributed by atoms with Gasteiger partial charge >= 0.3 is 12.1 Å². The fourth-order valence-electron chi connectivity index (χ4n) is 4.65. The molecule has 0 spiro atoms. The fourth-order valence-corrected chi connectivity index (χ4v) is 5.62. The molecule has 2 aliphatic heterocycles. The fraction of sp³-hybridized carbons (Fsp3) is 0.520. The number of hydrogen-bond donors (Lipinski definition) is 0. The summed E-state index contributed by atoms with van der Waals surface area (Å²) in [4.78, 5) is 47.1. The van der Waals surface area contributed by atoms with Crippen LogP contribution in [0.4, 0.5) is 13.2 Å². The van der Waals surface area contributed by atoms with Crippen LogP contribution in [0, 0.1) is 0 Å². The van der Waals surface area contributed by atoms with Crippen molar-refractivity contribution in [3.8, 4) is 0 Å². The van der Waals surface area contributed by atoms with Crippen molar-refractivity contribution >= 4 is 29.1 Å². The van der Waals surface area contributed by atoms with Crippen LogP contribution in [0.2, 0.25) is 0 Å². The molecule has 0 radical (unpaired) electrons. The number of alkyl halides is 3. The highest BCUT2D eigenvalue weighted by atomic mass is 32.1. The second-order valence-electron chi connectivity index (χ2n) is 9.05. The van der Waals surface area contributed by atoms with E-state index < -0.39 is 17.6 Å². The van der Waals surface area contributed by atoms with Gasteiger partial charge in [-0.2, -0.15) is 13.2 Å². The van der Waals surface area contributed by atoms with E-state index in [4.69, 9.17) is 4.74 Å². The first-order valence-corrected chi connectivity index (χ1v) is 13.1. The number of amides is 2. The molecule has 0 unspecified atom stereocenters. The van der Waals surface area contributed by atoms with Crippen LogP contribution in [0.25, 0.3) is 0 Å². The molecule has 2 aromatic rings. The van der Waals surface area contributed by atoms with Gasteiger partial charge < -0.3 is 14.5 Å². The van der Waals surface area contributed by atoms with Gasteiger partial charge in [-0.1, -0.05) is 12.1 Å². The Kier molecular flexibility index (Phi) is 8.48. The van der Waals surface area contributed by atoms with Crippen molar-refractivity contribution in [3.05, 3.63) is 51.5 Å². The van der Waals surface area contributed by atoms with Gasteiger partial charge in [0.2, 0.25) is 0 Å². The molecule has 2 amide bonds. The summed E-state index contributed by atoms with van der Waals surface area (Å²) in [7, 11) is 0. The van der Waals surface area contributed by atoms with Gasteiger partial charge in [-0.05, 0) is 31.9 Å². The van der Waals surface area contributed by atoms with Crippen LogP contribution in [0.1, 0.15) is 57.1 Å². The molecule has 4 rings (SSSR count). The number of likely N-dealkylation sites (tertiary alicyclic amines) is 1. The first kappa shape index (κ1) is 27.1. The second-order valence-corrected chi connectivity index (χ2v) is 9.94. The van der Waals surface area contributed by atoms with E-state index in [0.29, 0.717) is 64.4 Å². The molecule has 0 atom stereocenters. The summed E-state index contributed by atoms with van der Waals surface area (Å²) in [5, 5.41) is 2.53. The van der Waals surface area contributed by atoms with Crippen LogP contribution < -0.4 is 0 Å². The van der Waals surface area contributed by atoms with E-state index in [1.165, 1.54) is 34.4 Å². The first-order chi connectivity index (χ1) is 17.7. The summed E-state index contributed by atoms with van der Waals surface area (Å²) in [6, 6.07) is 4.85. The number of ether oxygens (including phenoxy) is 1. The maximum Gasteiger partial charge on any atom is 0.417 e. The number of esters is 1. The van der Waals surface area contributed by atoms with Gasteiger partial charge in [0.25, 0.3) is 11.8 Å². The normalized spacial score (nSPS) is 17.6. The molecule has 8 nitrogen and oxygen atoms in total. The molecule has 0 N–H and O–H groups in total. The van der Waals surface area contributed by atoms with Gasteiger partial charge in [0, 0.05) is 50.6 Å². The van der Waals surface area contributed by atoms with Crippen LogP contribution in [0.5, 0.6) is 0 Å². The third-order valence-electron chi connectivity index (χ3n) is 6.65. The maximum atomic E-state index is 13.3. The Labute approximate surface area is 217 Å². The van der Waals surface area contributed by atoms with Gasteiger partial charge in [-0.25, -0.2) is 4.98 Å². The van der Waals surface area contributed by atoms with E-state index in [2.05, 4.69) is 4.98 Å².